The predicted octanol–water partition coefficient (Wildman–Crippen LogP) is 5.79. The number of carbonyl (C=O) groups is 2. The van der Waals surface area contributed by atoms with Crippen molar-refractivity contribution in [2.45, 2.75) is 90.1 Å². The lowest BCUT2D eigenvalue weighted by atomic mass is 9.31. The summed E-state index contributed by atoms with van der Waals surface area (Å²) in [5.41, 5.74) is 2.36. The van der Waals surface area contributed by atoms with Gasteiger partial charge in [-0.1, -0.05) is 24.3 Å². The summed E-state index contributed by atoms with van der Waals surface area (Å²) in [5, 5.41) is 10.4. The molecule has 0 aromatic heterocycles. The van der Waals surface area contributed by atoms with Gasteiger partial charge in [-0.25, -0.2) is 0 Å². The van der Waals surface area contributed by atoms with Crippen LogP contribution in [0.25, 0.3) is 0 Å². The van der Waals surface area contributed by atoms with E-state index < -0.39 is 11.4 Å². The summed E-state index contributed by atoms with van der Waals surface area (Å²) in [6.07, 6.45) is 13.6. The van der Waals surface area contributed by atoms with Gasteiger partial charge in [0.2, 0.25) is 5.91 Å². The third-order valence-electron chi connectivity index (χ3n) is 12.3. The van der Waals surface area contributed by atoms with Crippen molar-refractivity contribution in [2.24, 2.45) is 45.3 Å². The van der Waals surface area contributed by atoms with Crippen molar-refractivity contribution in [1.29, 1.82) is 0 Å². The van der Waals surface area contributed by atoms with Crippen LogP contribution in [0.5, 0.6) is 0 Å². The molecule has 1 aromatic rings. The zero-order valence-electron chi connectivity index (χ0n) is 20.2. The standard InChI is InChI=1S/C30H37NO3/c32-25(31-15-23-3-1-2-4-24(23)16-31)27-7-19-5-20(8-27)12-29(11-19,17-27)30-13-21-6-22(14-30)10-28(9-21,18-30)26(33)34/h1-4,19-22H,5-18H2,(H,33,34)/t19-,20+,21-,22+,27?,28?,29?,30?. The van der Waals surface area contributed by atoms with Crippen molar-refractivity contribution in [3.05, 3.63) is 35.4 Å². The second kappa shape index (κ2) is 6.28. The molecular formula is C30H37NO3. The lowest BCUT2D eigenvalue weighted by molar-refractivity contribution is -0.240. The number of carbonyl (C=O) groups excluding carboxylic acids is 1. The first-order valence-electron chi connectivity index (χ1n) is 13.9. The van der Waals surface area contributed by atoms with Crippen molar-refractivity contribution >= 4 is 11.9 Å². The maximum Gasteiger partial charge on any atom is 0.309 e. The third-order valence-corrected chi connectivity index (χ3v) is 12.3. The second-order valence-electron chi connectivity index (χ2n) is 14.3. The topological polar surface area (TPSA) is 57.6 Å². The van der Waals surface area contributed by atoms with Crippen LogP contribution in [0.2, 0.25) is 0 Å². The van der Waals surface area contributed by atoms with Gasteiger partial charge in [0.25, 0.3) is 0 Å². The number of carboxylic acids is 1. The highest BCUT2D eigenvalue weighted by Gasteiger charge is 2.72. The Hall–Kier alpha value is -1.84. The summed E-state index contributed by atoms with van der Waals surface area (Å²) in [5.74, 6) is 2.46. The van der Waals surface area contributed by atoms with Crippen LogP contribution in [0.1, 0.15) is 88.2 Å². The number of aliphatic carboxylic acids is 1. The van der Waals surface area contributed by atoms with Gasteiger partial charge >= 0.3 is 5.97 Å². The minimum absolute atomic E-state index is 0.173. The fourth-order valence-corrected chi connectivity index (χ4v) is 12.1. The molecule has 8 bridgehead atoms. The van der Waals surface area contributed by atoms with Crippen LogP contribution in [0.4, 0.5) is 0 Å². The number of hydrogen-bond acceptors (Lipinski definition) is 2. The van der Waals surface area contributed by atoms with Gasteiger partial charge < -0.3 is 10.0 Å². The van der Waals surface area contributed by atoms with Gasteiger partial charge in [-0.2, -0.15) is 0 Å². The van der Waals surface area contributed by atoms with Gasteiger partial charge in [0, 0.05) is 13.1 Å². The summed E-state index contributed by atoms with van der Waals surface area (Å²) in [7, 11) is 0. The number of hydrogen-bond donors (Lipinski definition) is 1. The Morgan fingerprint density at radius 2 is 1.15 bits per heavy atom. The molecule has 4 unspecified atom stereocenters. The van der Waals surface area contributed by atoms with Crippen molar-refractivity contribution < 1.29 is 14.7 Å². The zero-order chi connectivity index (χ0) is 22.9. The molecule has 10 rings (SSSR count). The summed E-state index contributed by atoms with van der Waals surface area (Å²) in [6, 6.07) is 8.56. The van der Waals surface area contributed by atoms with Gasteiger partial charge in [0.05, 0.1) is 10.8 Å². The van der Waals surface area contributed by atoms with Gasteiger partial charge in [-0.3, -0.25) is 9.59 Å². The smallest absolute Gasteiger partial charge is 0.309 e. The molecule has 1 aliphatic heterocycles. The van der Waals surface area contributed by atoms with Crippen LogP contribution in [0.3, 0.4) is 0 Å². The Morgan fingerprint density at radius 1 is 0.706 bits per heavy atom. The fourth-order valence-electron chi connectivity index (χ4n) is 12.1. The van der Waals surface area contributed by atoms with Crippen LogP contribution < -0.4 is 0 Å². The number of benzene rings is 1. The van der Waals surface area contributed by atoms with Gasteiger partial charge in [-0.05, 0) is 123 Å². The molecule has 8 saturated carbocycles. The van der Waals surface area contributed by atoms with Gasteiger partial charge in [-0.15, -0.1) is 0 Å². The molecular weight excluding hydrogens is 422 g/mol. The van der Waals surface area contributed by atoms with Crippen LogP contribution in [0, 0.1) is 45.3 Å². The predicted molar refractivity (Wildman–Crippen MR) is 127 cm³/mol. The van der Waals surface area contributed by atoms with E-state index in [0.29, 0.717) is 29.6 Å². The highest BCUT2D eigenvalue weighted by atomic mass is 16.4. The normalized spacial score (nSPS) is 49.5. The maximum absolute atomic E-state index is 14.3. The fraction of sp³-hybridized carbons (Fsp3) is 0.733. The molecule has 1 amide bonds. The maximum atomic E-state index is 14.3. The number of fused-ring (bicyclic) bond motifs is 1. The molecule has 0 saturated heterocycles. The molecule has 0 radical (unpaired) electrons. The van der Waals surface area contributed by atoms with Crippen LogP contribution >= 0.6 is 0 Å². The monoisotopic (exact) mass is 459 g/mol. The van der Waals surface area contributed by atoms with Crippen molar-refractivity contribution in [3.8, 4) is 0 Å². The molecule has 8 aliphatic carbocycles. The lowest BCUT2D eigenvalue weighted by Crippen LogP contribution is -2.67. The van der Waals surface area contributed by atoms with Crippen LogP contribution in [-0.2, 0) is 22.7 Å². The second-order valence-corrected chi connectivity index (χ2v) is 14.3. The van der Waals surface area contributed by atoms with E-state index in [1.807, 2.05) is 0 Å². The number of amides is 1. The van der Waals surface area contributed by atoms with Crippen molar-refractivity contribution in [2.75, 3.05) is 0 Å². The first kappa shape index (κ1) is 20.4. The van der Waals surface area contributed by atoms with E-state index in [0.717, 1.165) is 51.6 Å². The Balaban J connectivity index is 1.17. The molecule has 180 valence electrons. The van der Waals surface area contributed by atoms with Crippen LogP contribution in [0.15, 0.2) is 24.3 Å². The average Bonchev–Trinajstić information content (AvgIpc) is 3.21. The van der Waals surface area contributed by atoms with E-state index in [9.17, 15) is 14.7 Å². The molecule has 0 spiro atoms. The van der Waals surface area contributed by atoms with Crippen LogP contribution in [-0.4, -0.2) is 21.9 Å². The summed E-state index contributed by atoms with van der Waals surface area (Å²) >= 11 is 0. The average molecular weight is 460 g/mol. The Labute approximate surface area is 202 Å². The SMILES string of the molecule is O=C(O)C12C[C@H]3C[C@@H](C1)CC(C14C[C@@H]5C[C@@H](CC(C(=O)N6Cc7ccccc7C6)(C5)C1)C4)(C3)C2. The molecule has 34 heavy (non-hydrogen) atoms. The lowest BCUT2D eigenvalue weighted by Gasteiger charge is -2.73. The quantitative estimate of drug-likeness (QED) is 0.623. The number of nitrogens with zero attached hydrogens (tertiary/aromatic N) is 1. The van der Waals surface area contributed by atoms with E-state index in [1.165, 1.54) is 49.7 Å². The van der Waals surface area contributed by atoms with E-state index in [-0.39, 0.29) is 16.2 Å². The molecule has 4 heteroatoms. The molecule has 8 fully saturated rings. The number of rotatable bonds is 3. The highest BCUT2D eigenvalue weighted by Crippen LogP contribution is 2.78. The van der Waals surface area contributed by atoms with Crippen molar-refractivity contribution in [1.82, 2.24) is 4.90 Å². The van der Waals surface area contributed by atoms with E-state index in [1.54, 1.807) is 0 Å². The molecule has 1 heterocycles. The van der Waals surface area contributed by atoms with E-state index in [2.05, 4.69) is 29.2 Å². The highest BCUT2D eigenvalue weighted by molar-refractivity contribution is 5.84. The Morgan fingerprint density at radius 3 is 1.62 bits per heavy atom. The van der Waals surface area contributed by atoms with E-state index in [4.69, 9.17) is 0 Å². The minimum atomic E-state index is -0.517. The molecule has 4 nitrogen and oxygen atoms in total. The minimum Gasteiger partial charge on any atom is -0.481 e. The first-order valence-corrected chi connectivity index (χ1v) is 13.9. The molecule has 8 atom stereocenters. The molecule has 9 aliphatic rings. The summed E-state index contributed by atoms with van der Waals surface area (Å²) in [6.45, 7) is 1.55. The zero-order valence-corrected chi connectivity index (χ0v) is 20.2. The summed E-state index contributed by atoms with van der Waals surface area (Å²) < 4.78 is 0. The number of carboxylic acid groups (broad SMARTS) is 1. The molecule has 1 aromatic carbocycles. The Bertz CT molecular complexity index is 1050. The first-order chi connectivity index (χ1) is 16.3. The largest absolute Gasteiger partial charge is 0.481 e. The van der Waals surface area contributed by atoms with Gasteiger partial charge in [0.15, 0.2) is 0 Å². The van der Waals surface area contributed by atoms with Gasteiger partial charge in [0.1, 0.15) is 0 Å². The summed E-state index contributed by atoms with van der Waals surface area (Å²) in [4.78, 5) is 29.1. The Kier molecular flexibility index (Phi) is 3.76. The third kappa shape index (κ3) is 2.46. The van der Waals surface area contributed by atoms with E-state index >= 15 is 0 Å². The molecule has 1 N–H and O–H groups in total. The van der Waals surface area contributed by atoms with Crippen molar-refractivity contribution in [3.63, 3.8) is 0 Å².